The fourth-order valence-electron chi connectivity index (χ4n) is 4.43. The van der Waals surface area contributed by atoms with E-state index in [1.54, 1.807) is 24.2 Å². The zero-order valence-electron chi connectivity index (χ0n) is 22.0. The molecule has 1 fully saturated rings. The number of hydrogen-bond acceptors (Lipinski definition) is 6. The van der Waals surface area contributed by atoms with Crippen molar-refractivity contribution in [2.24, 2.45) is 0 Å². The minimum atomic E-state index is -4.90. The normalized spacial score (nSPS) is 18.4. The number of nitrogens with one attached hydrogen (secondary N) is 1. The number of halogens is 3. The molecular weight excluding hydrogens is 563 g/mol. The van der Waals surface area contributed by atoms with E-state index in [1.807, 2.05) is 36.4 Å². The Balaban J connectivity index is 1.54. The van der Waals surface area contributed by atoms with Gasteiger partial charge < -0.3 is 10.1 Å². The van der Waals surface area contributed by atoms with Crippen LogP contribution >= 0.6 is 11.8 Å². The van der Waals surface area contributed by atoms with E-state index < -0.39 is 34.1 Å². The zero-order valence-corrected chi connectivity index (χ0v) is 23.6. The van der Waals surface area contributed by atoms with E-state index in [-0.39, 0.29) is 29.7 Å². The number of carbonyl (C=O) groups excluding carboxylic acids is 1. The van der Waals surface area contributed by atoms with E-state index >= 15 is 0 Å². The Morgan fingerprint density at radius 3 is 2.33 bits per heavy atom. The van der Waals surface area contributed by atoms with Crippen molar-refractivity contribution >= 4 is 27.7 Å². The highest BCUT2D eigenvalue weighted by Gasteiger charge is 2.41. The van der Waals surface area contributed by atoms with Crippen LogP contribution in [0.5, 0.6) is 5.75 Å². The number of thioether (sulfide) groups is 1. The van der Waals surface area contributed by atoms with Crippen molar-refractivity contribution in [2.75, 3.05) is 6.54 Å². The Morgan fingerprint density at radius 2 is 1.73 bits per heavy atom. The molecule has 0 bridgehead atoms. The molecule has 1 aliphatic rings. The topological polar surface area (TPSA) is 88.6 Å². The molecule has 0 spiro atoms. The van der Waals surface area contributed by atoms with Gasteiger partial charge in [0.25, 0.3) is 0 Å². The van der Waals surface area contributed by atoms with Crippen LogP contribution in [0.3, 0.4) is 0 Å². The number of ether oxygens (including phenoxy) is 1. The summed E-state index contributed by atoms with van der Waals surface area (Å²) in [6, 6.07) is 14.6. The largest absolute Gasteiger partial charge is 0.573 e. The van der Waals surface area contributed by atoms with E-state index in [1.165, 1.54) is 5.56 Å². The molecule has 0 saturated carbocycles. The van der Waals surface area contributed by atoms with Gasteiger partial charge in [0, 0.05) is 35.6 Å². The van der Waals surface area contributed by atoms with Crippen LogP contribution in [0.1, 0.15) is 43.7 Å². The minimum Gasteiger partial charge on any atom is -0.406 e. The maximum Gasteiger partial charge on any atom is 0.573 e. The van der Waals surface area contributed by atoms with Crippen LogP contribution in [-0.4, -0.2) is 47.8 Å². The van der Waals surface area contributed by atoms with Crippen LogP contribution in [0.4, 0.5) is 13.2 Å². The molecule has 2 atom stereocenters. The molecule has 2 heterocycles. The molecule has 7 nitrogen and oxygen atoms in total. The average Bonchev–Trinajstić information content (AvgIpc) is 2.92. The number of alkyl halides is 3. The van der Waals surface area contributed by atoms with Crippen LogP contribution in [-0.2, 0) is 21.4 Å². The van der Waals surface area contributed by atoms with E-state index in [0.29, 0.717) is 12.3 Å². The van der Waals surface area contributed by atoms with Gasteiger partial charge in [-0.1, -0.05) is 38.1 Å². The van der Waals surface area contributed by atoms with Gasteiger partial charge in [-0.25, -0.2) is 8.42 Å². The van der Waals surface area contributed by atoms with Gasteiger partial charge in [0.05, 0.1) is 4.90 Å². The standard InChI is InChI=1S/C28H30F3N3O4S2/c1-19(2)21-5-3-20(4-6-21)18-33-27(35)26-17-24(39-23-11-14-32-15-12-23)13-16-34(26)40(36,37)25-9-7-22(8-10-25)38-28(29,30)31/h3-12,14-15,19,24,26H,13,16-18H2,1-2H3,(H,33,35)/t24-,26-/m1/s1. The first-order valence-corrected chi connectivity index (χ1v) is 15.1. The molecule has 1 aromatic heterocycles. The number of aromatic nitrogens is 1. The second-order valence-electron chi connectivity index (χ2n) is 9.71. The summed E-state index contributed by atoms with van der Waals surface area (Å²) in [5.41, 5.74) is 2.05. The van der Waals surface area contributed by atoms with Crippen molar-refractivity contribution in [1.82, 2.24) is 14.6 Å². The molecule has 1 N–H and O–H groups in total. The first kappa shape index (κ1) is 29.9. The van der Waals surface area contributed by atoms with Gasteiger partial charge >= 0.3 is 6.36 Å². The molecule has 1 amide bonds. The van der Waals surface area contributed by atoms with Crippen molar-refractivity contribution in [3.8, 4) is 5.75 Å². The quantitative estimate of drug-likeness (QED) is 0.341. The fourth-order valence-corrected chi connectivity index (χ4v) is 7.21. The van der Waals surface area contributed by atoms with Crippen molar-refractivity contribution in [1.29, 1.82) is 0 Å². The lowest BCUT2D eigenvalue weighted by Gasteiger charge is -2.37. The number of hydrogen-bond donors (Lipinski definition) is 1. The van der Waals surface area contributed by atoms with Crippen LogP contribution in [0.15, 0.2) is 82.8 Å². The molecule has 4 rings (SSSR count). The van der Waals surface area contributed by atoms with E-state index in [9.17, 15) is 26.4 Å². The summed E-state index contributed by atoms with van der Waals surface area (Å²) in [6.07, 6.45) is -0.805. The second kappa shape index (κ2) is 12.6. The summed E-state index contributed by atoms with van der Waals surface area (Å²) >= 11 is 1.56. The maximum absolute atomic E-state index is 13.6. The summed E-state index contributed by atoms with van der Waals surface area (Å²) in [7, 11) is -4.19. The number of piperidine rings is 1. The minimum absolute atomic E-state index is 0.0301. The highest BCUT2D eigenvalue weighted by Crippen LogP contribution is 2.35. The predicted molar refractivity (Wildman–Crippen MR) is 146 cm³/mol. The summed E-state index contributed by atoms with van der Waals surface area (Å²) in [6.45, 7) is 4.48. The summed E-state index contributed by atoms with van der Waals surface area (Å²) in [5.74, 6) is -0.598. The highest BCUT2D eigenvalue weighted by atomic mass is 32.2. The van der Waals surface area contributed by atoms with Gasteiger partial charge in [0.2, 0.25) is 15.9 Å². The maximum atomic E-state index is 13.6. The third-order valence-electron chi connectivity index (χ3n) is 6.54. The number of pyridine rings is 1. The zero-order chi connectivity index (χ0) is 28.9. The van der Waals surface area contributed by atoms with E-state index in [2.05, 4.69) is 28.9 Å². The fraction of sp³-hybridized carbons (Fsp3) is 0.357. The summed E-state index contributed by atoms with van der Waals surface area (Å²) in [5, 5.41) is 2.85. The second-order valence-corrected chi connectivity index (χ2v) is 13.0. The third kappa shape index (κ3) is 7.76. The number of amides is 1. The van der Waals surface area contributed by atoms with Gasteiger partial charge in [-0.2, -0.15) is 4.31 Å². The van der Waals surface area contributed by atoms with Gasteiger partial charge in [0.1, 0.15) is 11.8 Å². The van der Waals surface area contributed by atoms with Crippen molar-refractivity contribution < 1.29 is 31.1 Å². The molecule has 0 unspecified atom stereocenters. The van der Waals surface area contributed by atoms with E-state index in [4.69, 9.17) is 0 Å². The molecule has 40 heavy (non-hydrogen) atoms. The lowest BCUT2D eigenvalue weighted by molar-refractivity contribution is -0.274. The lowest BCUT2D eigenvalue weighted by Crippen LogP contribution is -2.54. The SMILES string of the molecule is CC(C)c1ccc(CNC(=O)[C@H]2C[C@H](Sc3ccncc3)CCN2S(=O)(=O)c2ccc(OC(F)(F)F)cc2)cc1. The van der Waals surface area contributed by atoms with Gasteiger partial charge in [0.15, 0.2) is 0 Å². The van der Waals surface area contributed by atoms with Crippen LogP contribution in [0.2, 0.25) is 0 Å². The predicted octanol–water partition coefficient (Wildman–Crippen LogP) is 5.73. The van der Waals surface area contributed by atoms with Gasteiger partial charge in [-0.3, -0.25) is 9.78 Å². The Hall–Kier alpha value is -3.09. The number of carbonyl (C=O) groups is 1. The molecule has 1 aliphatic heterocycles. The average molecular weight is 594 g/mol. The molecule has 1 saturated heterocycles. The number of benzene rings is 2. The Labute approximate surface area is 236 Å². The summed E-state index contributed by atoms with van der Waals surface area (Å²) in [4.78, 5) is 18.2. The molecule has 2 aromatic carbocycles. The third-order valence-corrected chi connectivity index (χ3v) is 9.77. The highest BCUT2D eigenvalue weighted by molar-refractivity contribution is 8.00. The lowest BCUT2D eigenvalue weighted by atomic mass is 10.0. The first-order chi connectivity index (χ1) is 18.9. The van der Waals surface area contributed by atoms with Crippen LogP contribution < -0.4 is 10.1 Å². The van der Waals surface area contributed by atoms with Crippen molar-refractivity contribution in [2.45, 2.75) is 66.6 Å². The molecule has 0 radical (unpaired) electrons. The Bertz CT molecular complexity index is 1390. The smallest absolute Gasteiger partial charge is 0.406 e. The monoisotopic (exact) mass is 593 g/mol. The van der Waals surface area contributed by atoms with E-state index in [0.717, 1.165) is 39.0 Å². The summed E-state index contributed by atoms with van der Waals surface area (Å²) < 4.78 is 69.9. The number of rotatable bonds is 9. The molecule has 12 heteroatoms. The molecule has 0 aliphatic carbocycles. The van der Waals surface area contributed by atoms with Gasteiger partial charge in [-0.05, 0) is 66.3 Å². The number of nitrogens with zero attached hydrogens (tertiary/aromatic N) is 2. The van der Waals surface area contributed by atoms with Crippen molar-refractivity contribution in [3.63, 3.8) is 0 Å². The van der Waals surface area contributed by atoms with Crippen LogP contribution in [0, 0.1) is 0 Å². The van der Waals surface area contributed by atoms with Crippen LogP contribution in [0.25, 0.3) is 0 Å². The van der Waals surface area contributed by atoms with Gasteiger partial charge in [-0.15, -0.1) is 24.9 Å². The molecular formula is C28H30F3N3O4S2. The molecule has 214 valence electrons. The number of sulfonamides is 1. The van der Waals surface area contributed by atoms with Crippen molar-refractivity contribution in [3.05, 3.63) is 84.2 Å². The first-order valence-electron chi connectivity index (χ1n) is 12.7. The Kier molecular flexibility index (Phi) is 9.42. The molecule has 3 aromatic rings. The Morgan fingerprint density at radius 1 is 1.07 bits per heavy atom.